The van der Waals surface area contributed by atoms with Crippen molar-refractivity contribution < 1.29 is 9.53 Å². The first-order chi connectivity index (χ1) is 15.0. The van der Waals surface area contributed by atoms with Gasteiger partial charge >= 0.3 is 0 Å². The van der Waals surface area contributed by atoms with E-state index in [-0.39, 0.29) is 18.0 Å². The van der Waals surface area contributed by atoms with E-state index in [0.29, 0.717) is 41.5 Å². The molecule has 2 atom stereocenters. The van der Waals surface area contributed by atoms with Gasteiger partial charge in [0, 0.05) is 49.5 Å². The standard InChI is InChI=1S/C20H21N5O2.C2H4N2/c1-27-18-13(10-21)8-9-23-19(18)25-14-6-7-15(25)12-24(11-14)20(26)16-4-2-3-5-17(16)22;3-1-2-4/h2-5,8-9,14-15H,6-7,11-12,22H2,1H3;1-4H. The number of benzene rings is 1. The molecule has 9 heteroatoms. The van der Waals surface area contributed by atoms with Gasteiger partial charge in [-0.15, -0.1) is 0 Å². The van der Waals surface area contributed by atoms with Crippen LogP contribution in [0.25, 0.3) is 0 Å². The third-order valence-electron chi connectivity index (χ3n) is 5.50. The maximum absolute atomic E-state index is 13.0. The van der Waals surface area contributed by atoms with Crippen LogP contribution < -0.4 is 15.4 Å². The molecule has 1 aromatic carbocycles. The number of carbonyl (C=O) groups is 1. The van der Waals surface area contributed by atoms with Crippen LogP contribution in [-0.4, -0.2) is 60.5 Å². The Morgan fingerprint density at radius 3 is 2.42 bits per heavy atom. The van der Waals surface area contributed by atoms with E-state index < -0.39 is 0 Å². The van der Waals surface area contributed by atoms with Gasteiger partial charge in [-0.25, -0.2) is 4.98 Å². The van der Waals surface area contributed by atoms with Crippen LogP contribution in [0.15, 0.2) is 36.5 Å². The average Bonchev–Trinajstić information content (AvgIpc) is 3.06. The van der Waals surface area contributed by atoms with Crippen molar-refractivity contribution in [3.05, 3.63) is 47.7 Å². The maximum Gasteiger partial charge on any atom is 0.256 e. The molecule has 2 unspecified atom stereocenters. The summed E-state index contributed by atoms with van der Waals surface area (Å²) < 4.78 is 5.48. The summed E-state index contributed by atoms with van der Waals surface area (Å²) in [6.45, 7) is 1.20. The van der Waals surface area contributed by atoms with Crippen LogP contribution in [0.2, 0.25) is 0 Å². The number of carbonyl (C=O) groups excluding carboxylic acids is 1. The highest BCUT2D eigenvalue weighted by Gasteiger charge is 2.43. The minimum atomic E-state index is -0.0321. The van der Waals surface area contributed by atoms with Gasteiger partial charge < -0.3 is 31.1 Å². The van der Waals surface area contributed by atoms with Gasteiger partial charge in [0.1, 0.15) is 6.07 Å². The number of nitrogens with one attached hydrogen (secondary N) is 2. The second kappa shape index (κ2) is 9.71. The minimum Gasteiger partial charge on any atom is -0.492 e. The molecule has 9 nitrogen and oxygen atoms in total. The second-order valence-electron chi connectivity index (χ2n) is 7.25. The number of amides is 1. The largest absolute Gasteiger partial charge is 0.492 e. The Morgan fingerprint density at radius 2 is 1.87 bits per heavy atom. The summed E-state index contributed by atoms with van der Waals surface area (Å²) in [5.74, 6) is 1.16. The van der Waals surface area contributed by atoms with Crippen LogP contribution in [0.5, 0.6) is 5.75 Å². The van der Waals surface area contributed by atoms with E-state index in [2.05, 4.69) is 16.0 Å². The second-order valence-corrected chi connectivity index (χ2v) is 7.25. The van der Waals surface area contributed by atoms with Gasteiger partial charge in [-0.05, 0) is 31.0 Å². The van der Waals surface area contributed by atoms with Gasteiger partial charge in [0.2, 0.25) is 0 Å². The van der Waals surface area contributed by atoms with Gasteiger partial charge in [0.15, 0.2) is 11.6 Å². The zero-order chi connectivity index (χ0) is 22.4. The molecular formula is C22H25N7O2. The van der Waals surface area contributed by atoms with Crippen LogP contribution in [0.3, 0.4) is 0 Å². The number of likely N-dealkylation sites (tertiary alicyclic amines) is 1. The van der Waals surface area contributed by atoms with Gasteiger partial charge in [-0.1, -0.05) is 12.1 Å². The van der Waals surface area contributed by atoms with E-state index in [4.69, 9.17) is 21.3 Å². The summed E-state index contributed by atoms with van der Waals surface area (Å²) in [6.07, 6.45) is 5.42. The van der Waals surface area contributed by atoms with Crippen LogP contribution in [-0.2, 0) is 0 Å². The summed E-state index contributed by atoms with van der Waals surface area (Å²) in [4.78, 5) is 21.5. The Hall–Kier alpha value is -3.93. The number of hydrogen-bond donors (Lipinski definition) is 3. The van der Waals surface area contributed by atoms with E-state index in [1.54, 1.807) is 31.5 Å². The molecule has 0 saturated carbocycles. The van der Waals surface area contributed by atoms with Crippen LogP contribution in [0, 0.1) is 22.1 Å². The quantitative estimate of drug-likeness (QED) is 0.512. The lowest BCUT2D eigenvalue weighted by molar-refractivity contribution is 0.0718. The van der Waals surface area contributed by atoms with Crippen molar-refractivity contribution in [2.24, 2.45) is 0 Å². The van der Waals surface area contributed by atoms with E-state index in [1.165, 1.54) is 0 Å². The lowest BCUT2D eigenvalue weighted by Crippen LogP contribution is -2.55. The number of nitrogens with two attached hydrogens (primary N) is 1. The fourth-order valence-corrected chi connectivity index (χ4v) is 4.19. The molecule has 160 valence electrons. The number of anilines is 2. The summed E-state index contributed by atoms with van der Waals surface area (Å²) in [5.41, 5.74) is 7.51. The first kappa shape index (κ1) is 21.8. The van der Waals surface area contributed by atoms with Gasteiger partial charge in [-0.3, -0.25) is 4.79 Å². The minimum absolute atomic E-state index is 0.0321. The van der Waals surface area contributed by atoms with E-state index in [9.17, 15) is 10.1 Å². The number of ether oxygens (including phenoxy) is 1. The summed E-state index contributed by atoms with van der Waals surface area (Å²) >= 11 is 0. The molecule has 0 aliphatic carbocycles. The number of piperazine rings is 1. The Balaban J connectivity index is 0.000000628. The Kier molecular flexibility index (Phi) is 6.82. The zero-order valence-electron chi connectivity index (χ0n) is 17.3. The number of nitriles is 1. The number of hydrogen-bond acceptors (Lipinski definition) is 8. The van der Waals surface area contributed by atoms with Gasteiger partial charge in [0.05, 0.1) is 18.2 Å². The number of aromatic nitrogens is 1. The number of nitrogen functional groups attached to an aromatic ring is 1. The number of nitrogens with zero attached hydrogens (tertiary/aromatic N) is 4. The molecule has 1 aromatic heterocycles. The van der Waals surface area contributed by atoms with Crippen LogP contribution >= 0.6 is 0 Å². The highest BCUT2D eigenvalue weighted by atomic mass is 16.5. The van der Waals surface area contributed by atoms with Crippen molar-refractivity contribution >= 4 is 29.8 Å². The third kappa shape index (κ3) is 4.33. The van der Waals surface area contributed by atoms with Crippen molar-refractivity contribution in [1.29, 1.82) is 16.1 Å². The SMILES string of the molecule is COc1c(C#N)ccnc1N1C2CCC1CN(C(=O)c1ccccc1N)C2.N=CC=N. The fourth-order valence-electron chi connectivity index (χ4n) is 4.19. The van der Waals surface area contributed by atoms with Gasteiger partial charge in [-0.2, -0.15) is 5.26 Å². The summed E-state index contributed by atoms with van der Waals surface area (Å²) in [7, 11) is 1.56. The lowest BCUT2D eigenvalue weighted by atomic mass is 10.1. The number of fused-ring (bicyclic) bond motifs is 2. The third-order valence-corrected chi connectivity index (χ3v) is 5.50. The number of pyridine rings is 1. The van der Waals surface area contributed by atoms with Gasteiger partial charge in [0.25, 0.3) is 5.91 Å². The van der Waals surface area contributed by atoms with Crippen molar-refractivity contribution in [2.45, 2.75) is 24.9 Å². The first-order valence-electron chi connectivity index (χ1n) is 9.90. The van der Waals surface area contributed by atoms with Crippen LogP contribution in [0.1, 0.15) is 28.8 Å². The molecule has 3 heterocycles. The highest BCUT2D eigenvalue weighted by molar-refractivity contribution is 6.12. The predicted octanol–water partition coefficient (Wildman–Crippen LogP) is 2.32. The molecule has 0 spiro atoms. The predicted molar refractivity (Wildman–Crippen MR) is 119 cm³/mol. The molecule has 4 rings (SSSR count). The first-order valence-corrected chi connectivity index (χ1v) is 9.90. The molecule has 2 aliphatic heterocycles. The lowest BCUT2D eigenvalue weighted by Gasteiger charge is -2.42. The molecule has 2 aromatic rings. The van der Waals surface area contributed by atoms with E-state index >= 15 is 0 Å². The Morgan fingerprint density at radius 1 is 1.23 bits per heavy atom. The highest BCUT2D eigenvalue weighted by Crippen LogP contribution is 2.39. The molecule has 2 fully saturated rings. The van der Waals surface area contributed by atoms with E-state index in [0.717, 1.165) is 25.3 Å². The topological polar surface area (TPSA) is 143 Å². The Labute approximate surface area is 181 Å². The summed E-state index contributed by atoms with van der Waals surface area (Å²) in [5, 5.41) is 21.5. The fraction of sp³-hybridized carbons (Fsp3) is 0.318. The van der Waals surface area contributed by atoms with Crippen molar-refractivity contribution in [3.8, 4) is 11.8 Å². The van der Waals surface area contributed by atoms with Crippen molar-refractivity contribution in [3.63, 3.8) is 0 Å². The monoisotopic (exact) mass is 419 g/mol. The summed E-state index contributed by atoms with van der Waals surface area (Å²) in [6, 6.07) is 11.3. The van der Waals surface area contributed by atoms with E-state index in [1.807, 2.05) is 17.0 Å². The molecule has 31 heavy (non-hydrogen) atoms. The molecule has 2 bridgehead atoms. The smallest absolute Gasteiger partial charge is 0.256 e. The maximum atomic E-state index is 13.0. The molecule has 2 saturated heterocycles. The molecule has 4 N–H and O–H groups in total. The average molecular weight is 419 g/mol. The molecule has 2 aliphatic rings. The molecule has 1 amide bonds. The number of methoxy groups -OCH3 is 1. The van der Waals surface area contributed by atoms with Crippen molar-refractivity contribution in [1.82, 2.24) is 9.88 Å². The molecular weight excluding hydrogens is 394 g/mol. The number of para-hydroxylation sites is 1. The van der Waals surface area contributed by atoms with Crippen molar-refractivity contribution in [2.75, 3.05) is 30.8 Å². The Bertz CT molecular complexity index is 997. The molecule has 0 radical (unpaired) electrons. The normalized spacial score (nSPS) is 19.0. The zero-order valence-corrected chi connectivity index (χ0v) is 17.3. The van der Waals surface area contributed by atoms with Crippen LogP contribution in [0.4, 0.5) is 11.5 Å². The number of rotatable bonds is 4.